The van der Waals surface area contributed by atoms with Crippen molar-refractivity contribution >= 4 is 12.0 Å². The van der Waals surface area contributed by atoms with E-state index in [-0.39, 0.29) is 5.57 Å². The maximum Gasteiger partial charge on any atom is 0.261 e. The van der Waals surface area contributed by atoms with Crippen LogP contribution in [0.1, 0.15) is 12.0 Å². The highest BCUT2D eigenvalue weighted by Gasteiger charge is 2.14. The first-order chi connectivity index (χ1) is 14.2. The van der Waals surface area contributed by atoms with E-state index < -0.39 is 5.91 Å². The zero-order valence-electron chi connectivity index (χ0n) is 16.1. The number of methoxy groups -OCH3 is 1. The third-order valence-electron chi connectivity index (χ3n) is 4.19. The lowest BCUT2D eigenvalue weighted by Crippen LogP contribution is -2.26. The standard InChI is InChI=1S/C22H21N5O2/c1-29-13-5-10-25-22(28)18(15-23)14-19-16-27(20-6-3-2-4-7-20)26-21(19)17-8-11-24-12-9-17/h2-4,6-9,11-12,14,16H,5,10,13H2,1H3,(H,25,28)/b18-14-. The summed E-state index contributed by atoms with van der Waals surface area (Å²) in [4.78, 5) is 16.4. The van der Waals surface area contributed by atoms with Crippen LogP contribution in [0.4, 0.5) is 0 Å². The van der Waals surface area contributed by atoms with Crippen molar-refractivity contribution < 1.29 is 9.53 Å². The molecule has 1 N–H and O–H groups in total. The molecule has 0 spiro atoms. The minimum Gasteiger partial charge on any atom is -0.385 e. The monoisotopic (exact) mass is 387 g/mol. The predicted molar refractivity (Wildman–Crippen MR) is 110 cm³/mol. The number of nitriles is 1. The van der Waals surface area contributed by atoms with E-state index in [2.05, 4.69) is 15.4 Å². The smallest absolute Gasteiger partial charge is 0.261 e. The average Bonchev–Trinajstić information content (AvgIpc) is 3.20. The summed E-state index contributed by atoms with van der Waals surface area (Å²) in [5, 5.41) is 16.9. The maximum atomic E-state index is 12.4. The fraction of sp³-hybridized carbons (Fsp3) is 0.182. The van der Waals surface area contributed by atoms with Crippen LogP contribution in [-0.4, -0.2) is 40.9 Å². The van der Waals surface area contributed by atoms with Crippen LogP contribution >= 0.6 is 0 Å². The molecule has 3 rings (SSSR count). The number of carbonyl (C=O) groups is 1. The molecule has 0 saturated heterocycles. The lowest BCUT2D eigenvalue weighted by Gasteiger charge is -2.04. The minimum absolute atomic E-state index is 0.0188. The van der Waals surface area contributed by atoms with Gasteiger partial charge in [0.25, 0.3) is 5.91 Å². The maximum absolute atomic E-state index is 12.4. The molecule has 7 heteroatoms. The second-order valence-electron chi connectivity index (χ2n) is 6.22. The molecule has 0 atom stereocenters. The summed E-state index contributed by atoms with van der Waals surface area (Å²) < 4.78 is 6.70. The average molecular weight is 387 g/mol. The zero-order chi connectivity index (χ0) is 20.5. The molecule has 0 aliphatic heterocycles. The summed E-state index contributed by atoms with van der Waals surface area (Å²) in [5.41, 5.74) is 3.08. The van der Waals surface area contributed by atoms with Gasteiger partial charge in [-0.05, 0) is 36.8 Å². The molecular formula is C22H21N5O2. The molecule has 7 nitrogen and oxygen atoms in total. The van der Waals surface area contributed by atoms with Crippen LogP contribution in [0.15, 0.2) is 66.6 Å². The number of pyridine rings is 1. The number of amides is 1. The Morgan fingerprint density at radius 2 is 2.00 bits per heavy atom. The van der Waals surface area contributed by atoms with Crippen molar-refractivity contribution in [1.29, 1.82) is 5.26 Å². The van der Waals surface area contributed by atoms with E-state index in [1.165, 1.54) is 0 Å². The van der Waals surface area contributed by atoms with Crippen molar-refractivity contribution in [2.75, 3.05) is 20.3 Å². The van der Waals surface area contributed by atoms with Gasteiger partial charge in [0.2, 0.25) is 0 Å². The van der Waals surface area contributed by atoms with Crippen LogP contribution in [0.2, 0.25) is 0 Å². The summed E-state index contributed by atoms with van der Waals surface area (Å²) in [7, 11) is 1.60. The molecule has 1 aromatic carbocycles. The fourth-order valence-corrected chi connectivity index (χ4v) is 2.76. The molecule has 2 aromatic heterocycles. The van der Waals surface area contributed by atoms with Crippen molar-refractivity contribution in [3.63, 3.8) is 0 Å². The Morgan fingerprint density at radius 3 is 2.69 bits per heavy atom. The Bertz CT molecular complexity index is 1020. The summed E-state index contributed by atoms with van der Waals surface area (Å²) in [6.45, 7) is 0.980. The molecule has 0 fully saturated rings. The van der Waals surface area contributed by atoms with Crippen LogP contribution in [0, 0.1) is 11.3 Å². The van der Waals surface area contributed by atoms with Gasteiger partial charge in [0.05, 0.1) is 5.69 Å². The fourth-order valence-electron chi connectivity index (χ4n) is 2.76. The number of nitrogens with zero attached hydrogens (tertiary/aromatic N) is 4. The van der Waals surface area contributed by atoms with Gasteiger partial charge in [-0.15, -0.1) is 0 Å². The van der Waals surface area contributed by atoms with E-state index in [4.69, 9.17) is 4.74 Å². The number of para-hydroxylation sites is 1. The topological polar surface area (TPSA) is 92.8 Å². The number of carbonyl (C=O) groups excluding carboxylic acids is 1. The number of nitrogens with one attached hydrogen (secondary N) is 1. The molecule has 0 aliphatic carbocycles. The van der Waals surface area contributed by atoms with Crippen molar-refractivity contribution in [2.45, 2.75) is 6.42 Å². The number of hydrogen-bond donors (Lipinski definition) is 1. The molecule has 29 heavy (non-hydrogen) atoms. The largest absolute Gasteiger partial charge is 0.385 e. The Hall–Kier alpha value is -3.76. The highest BCUT2D eigenvalue weighted by molar-refractivity contribution is 6.02. The number of hydrogen-bond acceptors (Lipinski definition) is 5. The molecule has 0 unspecified atom stereocenters. The van der Waals surface area contributed by atoms with Crippen molar-refractivity contribution in [2.24, 2.45) is 0 Å². The summed E-state index contributed by atoms with van der Waals surface area (Å²) in [6.07, 6.45) is 7.40. The molecule has 1 amide bonds. The third-order valence-corrected chi connectivity index (χ3v) is 4.19. The van der Waals surface area contributed by atoms with E-state index in [9.17, 15) is 10.1 Å². The Morgan fingerprint density at radius 1 is 1.24 bits per heavy atom. The zero-order valence-corrected chi connectivity index (χ0v) is 16.1. The summed E-state index contributed by atoms with van der Waals surface area (Å²) in [6, 6.07) is 15.3. The van der Waals surface area contributed by atoms with Gasteiger partial charge >= 0.3 is 0 Å². The van der Waals surface area contributed by atoms with Crippen LogP contribution in [0.3, 0.4) is 0 Å². The Kier molecular flexibility index (Phi) is 6.87. The van der Waals surface area contributed by atoms with Crippen LogP contribution in [0.5, 0.6) is 0 Å². The molecular weight excluding hydrogens is 366 g/mol. The molecule has 146 valence electrons. The number of aromatic nitrogens is 3. The SMILES string of the molecule is COCCCNC(=O)/C(C#N)=C\c1cn(-c2ccccc2)nc1-c1ccncc1. The summed E-state index contributed by atoms with van der Waals surface area (Å²) >= 11 is 0. The van der Waals surface area contributed by atoms with Gasteiger partial charge in [-0.25, -0.2) is 4.68 Å². The third kappa shape index (κ3) is 5.15. The van der Waals surface area contributed by atoms with Gasteiger partial charge in [0, 0.05) is 50.0 Å². The van der Waals surface area contributed by atoms with Crippen LogP contribution < -0.4 is 5.32 Å². The first-order valence-electron chi connectivity index (χ1n) is 9.17. The molecule has 2 heterocycles. The second kappa shape index (κ2) is 9.97. The van der Waals surface area contributed by atoms with E-state index >= 15 is 0 Å². The molecule has 3 aromatic rings. The van der Waals surface area contributed by atoms with E-state index in [1.54, 1.807) is 36.5 Å². The van der Waals surface area contributed by atoms with Gasteiger partial charge in [0.15, 0.2) is 0 Å². The Balaban J connectivity index is 1.96. The van der Waals surface area contributed by atoms with Gasteiger partial charge in [-0.3, -0.25) is 9.78 Å². The normalized spacial score (nSPS) is 11.1. The molecule has 0 aliphatic rings. The van der Waals surface area contributed by atoms with Crippen LogP contribution in [-0.2, 0) is 9.53 Å². The van der Waals surface area contributed by atoms with Crippen molar-refractivity contribution in [1.82, 2.24) is 20.1 Å². The summed E-state index contributed by atoms with van der Waals surface area (Å²) in [5.74, 6) is -0.420. The van der Waals surface area contributed by atoms with Crippen LogP contribution in [0.25, 0.3) is 23.0 Å². The van der Waals surface area contributed by atoms with Crippen molar-refractivity contribution in [3.8, 4) is 23.0 Å². The van der Waals surface area contributed by atoms with Gasteiger partial charge in [-0.1, -0.05) is 18.2 Å². The lowest BCUT2D eigenvalue weighted by atomic mass is 10.1. The van der Waals surface area contributed by atoms with Gasteiger partial charge in [-0.2, -0.15) is 10.4 Å². The van der Waals surface area contributed by atoms with Gasteiger partial charge < -0.3 is 10.1 Å². The van der Waals surface area contributed by atoms with E-state index in [0.29, 0.717) is 30.8 Å². The highest BCUT2D eigenvalue weighted by atomic mass is 16.5. The molecule has 0 radical (unpaired) electrons. The number of rotatable bonds is 8. The Labute approximate surface area is 169 Å². The van der Waals surface area contributed by atoms with Crippen molar-refractivity contribution in [3.05, 3.63) is 72.2 Å². The lowest BCUT2D eigenvalue weighted by molar-refractivity contribution is -0.117. The first kappa shape index (κ1) is 20.0. The van der Waals surface area contributed by atoms with E-state index in [1.807, 2.05) is 48.5 Å². The second-order valence-corrected chi connectivity index (χ2v) is 6.22. The highest BCUT2D eigenvalue weighted by Crippen LogP contribution is 2.25. The number of benzene rings is 1. The molecule has 0 saturated carbocycles. The van der Waals surface area contributed by atoms with E-state index in [0.717, 1.165) is 11.3 Å². The number of ether oxygens (including phenoxy) is 1. The quantitative estimate of drug-likeness (QED) is 0.364. The first-order valence-corrected chi connectivity index (χ1v) is 9.17. The minimum atomic E-state index is -0.420. The van der Waals surface area contributed by atoms with Gasteiger partial charge in [0.1, 0.15) is 17.3 Å². The molecule has 0 bridgehead atoms. The predicted octanol–water partition coefficient (Wildman–Crippen LogP) is 2.99.